The third-order valence-electron chi connectivity index (χ3n) is 2.54. The van der Waals surface area contributed by atoms with Gasteiger partial charge in [0.15, 0.2) is 0 Å². The van der Waals surface area contributed by atoms with Crippen molar-refractivity contribution in [3.8, 4) is 5.75 Å². The van der Waals surface area contributed by atoms with E-state index >= 15 is 0 Å². The smallest absolute Gasteiger partial charge is 0.255 e. The summed E-state index contributed by atoms with van der Waals surface area (Å²) < 4.78 is 30.0. The van der Waals surface area contributed by atoms with E-state index < -0.39 is 6.43 Å². The van der Waals surface area contributed by atoms with E-state index in [9.17, 15) is 8.78 Å². The first-order chi connectivity index (χ1) is 7.97. The number of halogens is 2. The largest absolute Gasteiger partial charge is 0.496 e. The second-order valence-electron chi connectivity index (χ2n) is 3.95. The first-order valence-corrected chi connectivity index (χ1v) is 5.39. The summed E-state index contributed by atoms with van der Waals surface area (Å²) in [6.07, 6.45) is -2.38. The fourth-order valence-corrected chi connectivity index (χ4v) is 1.81. The van der Waals surface area contributed by atoms with Gasteiger partial charge in [-0.15, -0.1) is 0 Å². The van der Waals surface area contributed by atoms with Crippen LogP contribution in [0.3, 0.4) is 0 Å². The molecular weight excluding hydrogens is 226 g/mol. The molecule has 2 N–H and O–H groups in total. The van der Waals surface area contributed by atoms with E-state index in [1.807, 2.05) is 0 Å². The van der Waals surface area contributed by atoms with E-state index in [1.54, 1.807) is 32.2 Å². The molecule has 0 aliphatic carbocycles. The van der Waals surface area contributed by atoms with Crippen LogP contribution in [0.25, 0.3) is 0 Å². The molecule has 17 heavy (non-hydrogen) atoms. The van der Waals surface area contributed by atoms with Crippen molar-refractivity contribution in [1.29, 1.82) is 0 Å². The molecule has 0 bridgehead atoms. The number of alkyl halides is 2. The van der Waals surface area contributed by atoms with E-state index in [1.165, 1.54) is 12.0 Å². The molecule has 3 nitrogen and oxygen atoms in total. The number of methoxy groups -OCH3 is 1. The summed E-state index contributed by atoms with van der Waals surface area (Å²) in [7, 11) is 3.16. The van der Waals surface area contributed by atoms with Crippen LogP contribution in [0.1, 0.15) is 18.5 Å². The lowest BCUT2D eigenvalue weighted by Gasteiger charge is -2.25. The maximum Gasteiger partial charge on any atom is 0.255 e. The summed E-state index contributed by atoms with van der Waals surface area (Å²) in [6.45, 7) is 1.48. The summed E-state index contributed by atoms with van der Waals surface area (Å²) in [5.74, 6) is 0.624. The number of anilines is 1. The molecule has 0 amide bonds. The number of hydrogen-bond acceptors (Lipinski definition) is 3. The van der Waals surface area contributed by atoms with Crippen LogP contribution in [-0.2, 0) is 0 Å². The third-order valence-corrected chi connectivity index (χ3v) is 2.54. The molecule has 1 aromatic rings. The molecule has 0 heterocycles. The van der Waals surface area contributed by atoms with Crippen LogP contribution >= 0.6 is 0 Å². The Morgan fingerprint density at radius 1 is 1.41 bits per heavy atom. The van der Waals surface area contributed by atoms with Gasteiger partial charge in [0, 0.05) is 24.3 Å². The van der Waals surface area contributed by atoms with Gasteiger partial charge < -0.3 is 15.4 Å². The van der Waals surface area contributed by atoms with Crippen LogP contribution in [-0.4, -0.2) is 27.1 Å². The summed E-state index contributed by atoms with van der Waals surface area (Å²) in [5, 5.41) is 0. The lowest BCUT2D eigenvalue weighted by Crippen LogP contribution is -2.26. The van der Waals surface area contributed by atoms with Crippen molar-refractivity contribution in [3.05, 3.63) is 23.8 Å². The van der Waals surface area contributed by atoms with Crippen LogP contribution in [0.2, 0.25) is 0 Å². The summed E-state index contributed by atoms with van der Waals surface area (Å²) >= 11 is 0. The zero-order valence-electron chi connectivity index (χ0n) is 10.3. The Kier molecular flexibility index (Phi) is 4.69. The molecule has 96 valence electrons. The Morgan fingerprint density at radius 3 is 2.53 bits per heavy atom. The third kappa shape index (κ3) is 3.30. The second kappa shape index (κ2) is 5.82. The standard InChI is InChI=1S/C12H18F2N2O/c1-8(15)12-9(16(2)7-11(13)14)5-4-6-10(12)17-3/h4-6,8,11H,7,15H2,1-3H3/t8-/m1/s1. The van der Waals surface area contributed by atoms with Crippen molar-refractivity contribution < 1.29 is 13.5 Å². The van der Waals surface area contributed by atoms with Crippen molar-refractivity contribution in [2.75, 3.05) is 25.6 Å². The van der Waals surface area contributed by atoms with Crippen LogP contribution in [0.4, 0.5) is 14.5 Å². The fourth-order valence-electron chi connectivity index (χ4n) is 1.81. The maximum absolute atomic E-state index is 12.4. The average molecular weight is 244 g/mol. The second-order valence-corrected chi connectivity index (χ2v) is 3.95. The maximum atomic E-state index is 12.4. The van der Waals surface area contributed by atoms with Crippen LogP contribution < -0.4 is 15.4 Å². The van der Waals surface area contributed by atoms with Crippen molar-refractivity contribution in [3.63, 3.8) is 0 Å². The molecule has 0 aliphatic heterocycles. The first-order valence-electron chi connectivity index (χ1n) is 5.39. The normalized spacial score (nSPS) is 12.6. The molecule has 0 unspecified atom stereocenters. The van der Waals surface area contributed by atoms with Crippen molar-refractivity contribution in [1.82, 2.24) is 0 Å². The fraction of sp³-hybridized carbons (Fsp3) is 0.500. The van der Waals surface area contributed by atoms with Gasteiger partial charge in [-0.3, -0.25) is 0 Å². The molecule has 0 aromatic heterocycles. The van der Waals surface area contributed by atoms with Crippen LogP contribution in [0.15, 0.2) is 18.2 Å². The number of nitrogens with zero attached hydrogens (tertiary/aromatic N) is 1. The van der Waals surface area contributed by atoms with E-state index in [0.717, 1.165) is 5.56 Å². The predicted molar refractivity (Wildman–Crippen MR) is 64.9 cm³/mol. The Bertz CT molecular complexity index is 370. The molecule has 1 rings (SSSR count). The van der Waals surface area contributed by atoms with Gasteiger partial charge in [0.2, 0.25) is 0 Å². The van der Waals surface area contributed by atoms with Crippen molar-refractivity contribution in [2.24, 2.45) is 5.73 Å². The highest BCUT2D eigenvalue weighted by molar-refractivity contribution is 5.60. The minimum absolute atomic E-state index is 0.277. The molecule has 0 saturated heterocycles. The lowest BCUT2D eigenvalue weighted by molar-refractivity contribution is 0.156. The van der Waals surface area contributed by atoms with E-state index in [2.05, 4.69) is 0 Å². The highest BCUT2D eigenvalue weighted by atomic mass is 19.3. The van der Waals surface area contributed by atoms with Crippen LogP contribution in [0.5, 0.6) is 5.75 Å². The summed E-state index contributed by atoms with van der Waals surface area (Å²) in [6, 6.07) is 5.03. The summed E-state index contributed by atoms with van der Waals surface area (Å²) in [5.41, 5.74) is 7.29. The topological polar surface area (TPSA) is 38.5 Å². The van der Waals surface area contributed by atoms with Gasteiger partial charge >= 0.3 is 0 Å². The first kappa shape index (κ1) is 13.7. The quantitative estimate of drug-likeness (QED) is 0.864. The van der Waals surface area contributed by atoms with E-state index in [4.69, 9.17) is 10.5 Å². The van der Waals surface area contributed by atoms with Gasteiger partial charge in [-0.25, -0.2) is 8.78 Å². The zero-order chi connectivity index (χ0) is 13.0. The van der Waals surface area contributed by atoms with Gasteiger partial charge in [0.25, 0.3) is 6.43 Å². The molecule has 0 radical (unpaired) electrons. The van der Waals surface area contributed by atoms with Crippen molar-refractivity contribution in [2.45, 2.75) is 19.4 Å². The highest BCUT2D eigenvalue weighted by Gasteiger charge is 2.17. The SMILES string of the molecule is COc1cccc(N(C)CC(F)F)c1[C@@H](C)N. The number of benzene rings is 1. The zero-order valence-corrected chi connectivity index (χ0v) is 10.3. The molecular formula is C12H18F2N2O. The Labute approximate surface area is 100 Å². The minimum Gasteiger partial charge on any atom is -0.496 e. The Hall–Kier alpha value is -1.36. The lowest BCUT2D eigenvalue weighted by atomic mass is 10.0. The Morgan fingerprint density at radius 2 is 2.06 bits per heavy atom. The molecule has 0 fully saturated rings. The Balaban J connectivity index is 3.13. The number of nitrogens with two attached hydrogens (primary N) is 1. The molecule has 0 saturated carbocycles. The minimum atomic E-state index is -2.38. The monoisotopic (exact) mass is 244 g/mol. The average Bonchev–Trinajstić information content (AvgIpc) is 2.26. The molecule has 1 atom stereocenters. The summed E-state index contributed by atoms with van der Waals surface area (Å²) in [4.78, 5) is 1.49. The van der Waals surface area contributed by atoms with Gasteiger partial charge in [-0.05, 0) is 19.1 Å². The van der Waals surface area contributed by atoms with Crippen LogP contribution in [0, 0.1) is 0 Å². The van der Waals surface area contributed by atoms with Gasteiger partial charge in [0.05, 0.1) is 13.7 Å². The molecule has 0 spiro atoms. The number of ether oxygens (including phenoxy) is 1. The molecule has 5 heteroatoms. The van der Waals surface area contributed by atoms with Gasteiger partial charge in [-0.1, -0.05) is 6.07 Å². The predicted octanol–water partition coefficient (Wildman–Crippen LogP) is 2.42. The van der Waals surface area contributed by atoms with Gasteiger partial charge in [-0.2, -0.15) is 0 Å². The van der Waals surface area contributed by atoms with E-state index in [-0.39, 0.29) is 12.6 Å². The number of rotatable bonds is 5. The molecule has 0 aliphatic rings. The highest BCUT2D eigenvalue weighted by Crippen LogP contribution is 2.33. The molecule has 1 aromatic carbocycles. The van der Waals surface area contributed by atoms with Gasteiger partial charge in [0.1, 0.15) is 5.75 Å². The van der Waals surface area contributed by atoms with E-state index in [0.29, 0.717) is 11.4 Å². The van der Waals surface area contributed by atoms with Crippen molar-refractivity contribution >= 4 is 5.69 Å². The number of hydrogen-bond donors (Lipinski definition) is 1.